The second kappa shape index (κ2) is 62.4. The molecule has 0 rings (SSSR count). The number of aliphatic hydroxyl groups is 2. The lowest BCUT2D eigenvalue weighted by atomic mass is 10.0. The number of rotatable bonds is 63. The molecule has 72 heavy (non-hydrogen) atoms. The number of nitrogens with one attached hydrogen (secondary N) is 1. The van der Waals surface area contributed by atoms with E-state index in [0.717, 1.165) is 38.5 Å². The molecule has 6 nitrogen and oxygen atoms in total. The van der Waals surface area contributed by atoms with Crippen LogP contribution < -0.4 is 5.32 Å². The van der Waals surface area contributed by atoms with Crippen LogP contribution in [0.1, 0.15) is 386 Å². The number of amides is 1. The van der Waals surface area contributed by atoms with Gasteiger partial charge in [0.05, 0.1) is 25.4 Å². The number of hydrogen-bond donors (Lipinski definition) is 3. The average molecular weight is 1020 g/mol. The summed E-state index contributed by atoms with van der Waals surface area (Å²) in [6.45, 7) is 4.99. The number of hydrogen-bond acceptors (Lipinski definition) is 5. The minimum absolute atomic E-state index is 0.00782. The van der Waals surface area contributed by atoms with Gasteiger partial charge in [0, 0.05) is 12.8 Å². The van der Waals surface area contributed by atoms with Crippen LogP contribution in [0.3, 0.4) is 0 Å². The zero-order chi connectivity index (χ0) is 52.2. The predicted octanol–water partition coefficient (Wildman–Crippen LogP) is 21.0. The highest BCUT2D eigenvalue weighted by atomic mass is 16.5. The highest BCUT2D eigenvalue weighted by Crippen LogP contribution is 2.19. The quantitative estimate of drug-likeness (QED) is 0.0417. The number of carbonyl (C=O) groups is 2. The van der Waals surface area contributed by atoms with Crippen molar-refractivity contribution in [2.45, 2.75) is 398 Å². The Kier molecular flexibility index (Phi) is 61.4. The molecule has 3 N–H and O–H groups in total. The van der Waals surface area contributed by atoms with Gasteiger partial charge in [0.25, 0.3) is 0 Å². The van der Waals surface area contributed by atoms with Crippen LogP contribution in [-0.2, 0) is 14.3 Å². The summed E-state index contributed by atoms with van der Waals surface area (Å²) in [4.78, 5) is 24.6. The smallest absolute Gasteiger partial charge is 0.305 e. The lowest BCUT2D eigenvalue weighted by Gasteiger charge is -2.22. The summed E-state index contributed by atoms with van der Waals surface area (Å²) in [5, 5.41) is 23.4. The maximum atomic E-state index is 12.5. The third-order valence-corrected chi connectivity index (χ3v) is 15.9. The van der Waals surface area contributed by atoms with Crippen LogP contribution in [0, 0.1) is 0 Å². The van der Waals surface area contributed by atoms with Crippen molar-refractivity contribution >= 4 is 11.9 Å². The molecule has 0 fully saturated rings. The molecule has 0 aromatic rings. The van der Waals surface area contributed by atoms with Crippen molar-refractivity contribution in [3.8, 4) is 0 Å². The maximum Gasteiger partial charge on any atom is 0.305 e. The van der Waals surface area contributed by atoms with Crippen LogP contribution in [0.15, 0.2) is 0 Å². The topological polar surface area (TPSA) is 95.9 Å². The third kappa shape index (κ3) is 58.1. The van der Waals surface area contributed by atoms with Crippen LogP contribution in [0.5, 0.6) is 0 Å². The van der Waals surface area contributed by atoms with E-state index in [0.29, 0.717) is 25.9 Å². The van der Waals surface area contributed by atoms with E-state index in [1.165, 1.54) is 315 Å². The molecule has 0 saturated carbocycles. The van der Waals surface area contributed by atoms with Crippen LogP contribution in [0.2, 0.25) is 0 Å². The Morgan fingerprint density at radius 1 is 0.333 bits per heavy atom. The highest BCUT2D eigenvalue weighted by Gasteiger charge is 2.20. The van der Waals surface area contributed by atoms with E-state index < -0.39 is 12.1 Å². The Balaban J connectivity index is 3.40. The fourth-order valence-corrected chi connectivity index (χ4v) is 10.8. The summed E-state index contributed by atoms with van der Waals surface area (Å²) in [6.07, 6.45) is 74.1. The molecular formula is C66H131NO5. The Bertz CT molecular complexity index is 1040. The predicted molar refractivity (Wildman–Crippen MR) is 315 cm³/mol. The first-order chi connectivity index (χ1) is 35.5. The van der Waals surface area contributed by atoms with Crippen molar-refractivity contribution in [1.82, 2.24) is 5.32 Å². The van der Waals surface area contributed by atoms with E-state index in [4.69, 9.17) is 4.74 Å². The van der Waals surface area contributed by atoms with E-state index in [2.05, 4.69) is 19.2 Å². The number of unbranched alkanes of at least 4 members (excludes halogenated alkanes) is 52. The van der Waals surface area contributed by atoms with E-state index >= 15 is 0 Å². The van der Waals surface area contributed by atoms with Crippen molar-refractivity contribution in [2.75, 3.05) is 13.2 Å². The second-order valence-electron chi connectivity index (χ2n) is 23.2. The minimum atomic E-state index is -0.669. The molecule has 6 heteroatoms. The largest absolute Gasteiger partial charge is 0.466 e. The van der Waals surface area contributed by atoms with Crippen LogP contribution >= 0.6 is 0 Å². The first kappa shape index (κ1) is 70.9. The van der Waals surface area contributed by atoms with E-state index in [1.54, 1.807) is 0 Å². The first-order valence-electron chi connectivity index (χ1n) is 33.3. The molecule has 0 aliphatic carbocycles. The fourth-order valence-electron chi connectivity index (χ4n) is 10.8. The molecule has 0 spiro atoms. The molecule has 430 valence electrons. The molecule has 0 aliphatic heterocycles. The van der Waals surface area contributed by atoms with Crippen molar-refractivity contribution in [2.24, 2.45) is 0 Å². The molecule has 1 amide bonds. The Labute approximate surface area is 451 Å². The van der Waals surface area contributed by atoms with Gasteiger partial charge in [-0.3, -0.25) is 9.59 Å². The Morgan fingerprint density at radius 3 is 0.847 bits per heavy atom. The molecular weight excluding hydrogens is 887 g/mol. The van der Waals surface area contributed by atoms with Gasteiger partial charge < -0.3 is 20.3 Å². The summed E-state index contributed by atoms with van der Waals surface area (Å²) in [5.74, 6) is -0.0283. The van der Waals surface area contributed by atoms with Crippen molar-refractivity contribution < 1.29 is 24.5 Å². The fraction of sp³-hybridized carbons (Fsp3) is 0.970. The highest BCUT2D eigenvalue weighted by molar-refractivity contribution is 5.76. The molecule has 0 saturated heterocycles. The normalized spacial score (nSPS) is 12.4. The molecule has 0 aromatic heterocycles. The number of ether oxygens (including phenoxy) is 1. The van der Waals surface area contributed by atoms with Crippen molar-refractivity contribution in [3.05, 3.63) is 0 Å². The van der Waals surface area contributed by atoms with Gasteiger partial charge in [0.15, 0.2) is 0 Å². The minimum Gasteiger partial charge on any atom is -0.466 e. The Morgan fingerprint density at radius 2 is 0.569 bits per heavy atom. The van der Waals surface area contributed by atoms with Gasteiger partial charge in [-0.1, -0.05) is 348 Å². The molecule has 0 radical (unpaired) electrons. The van der Waals surface area contributed by atoms with Gasteiger partial charge in [-0.2, -0.15) is 0 Å². The van der Waals surface area contributed by atoms with Crippen LogP contribution in [0.4, 0.5) is 0 Å². The van der Waals surface area contributed by atoms with E-state index in [-0.39, 0.29) is 18.5 Å². The second-order valence-corrected chi connectivity index (χ2v) is 23.2. The van der Waals surface area contributed by atoms with E-state index in [9.17, 15) is 19.8 Å². The summed E-state index contributed by atoms with van der Waals surface area (Å²) < 4.78 is 5.49. The summed E-state index contributed by atoms with van der Waals surface area (Å²) in [5.41, 5.74) is 0. The number of esters is 1. The summed E-state index contributed by atoms with van der Waals surface area (Å²) >= 11 is 0. The van der Waals surface area contributed by atoms with Gasteiger partial charge in [0.2, 0.25) is 5.91 Å². The van der Waals surface area contributed by atoms with Crippen molar-refractivity contribution in [1.29, 1.82) is 0 Å². The van der Waals surface area contributed by atoms with Crippen LogP contribution in [0.25, 0.3) is 0 Å². The molecule has 0 bridgehead atoms. The SMILES string of the molecule is CCCCCCCCCCCCCCCCCCCCCCCCCCC(O)C(CO)NC(=O)CCCCCCCCCCCCCCCCCCOC(=O)CCCCCCCCCCCCCCCCC. The van der Waals surface area contributed by atoms with Gasteiger partial charge in [-0.25, -0.2) is 0 Å². The number of carbonyl (C=O) groups excluding carboxylic acids is 2. The zero-order valence-corrected chi connectivity index (χ0v) is 49.2. The third-order valence-electron chi connectivity index (χ3n) is 15.9. The lowest BCUT2D eigenvalue weighted by molar-refractivity contribution is -0.143. The van der Waals surface area contributed by atoms with Crippen molar-refractivity contribution in [3.63, 3.8) is 0 Å². The van der Waals surface area contributed by atoms with E-state index in [1.807, 2.05) is 0 Å². The average Bonchev–Trinajstić information content (AvgIpc) is 3.38. The molecule has 0 aromatic carbocycles. The zero-order valence-electron chi connectivity index (χ0n) is 49.2. The monoisotopic (exact) mass is 1020 g/mol. The maximum absolute atomic E-state index is 12.5. The van der Waals surface area contributed by atoms with Gasteiger partial charge in [-0.15, -0.1) is 0 Å². The lowest BCUT2D eigenvalue weighted by Crippen LogP contribution is -2.45. The standard InChI is InChI=1S/C66H131NO5/c1-3-5-7-9-11-13-15-17-19-20-21-22-23-24-25-26-27-31-34-38-42-46-50-54-58-64(69)63(62-68)67-65(70)59-55-51-47-43-39-35-32-28-29-33-37-41-45-49-53-57-61-72-66(71)60-56-52-48-44-40-36-30-18-16-14-12-10-8-6-4-2/h63-64,68-69H,3-62H2,1-2H3,(H,67,70). The van der Waals surface area contributed by atoms with Gasteiger partial charge >= 0.3 is 5.97 Å². The molecule has 2 unspecified atom stereocenters. The van der Waals surface area contributed by atoms with Gasteiger partial charge in [0.1, 0.15) is 0 Å². The molecule has 0 aliphatic rings. The summed E-state index contributed by atoms with van der Waals surface area (Å²) in [6, 6.07) is -0.547. The summed E-state index contributed by atoms with van der Waals surface area (Å²) in [7, 11) is 0. The number of aliphatic hydroxyl groups excluding tert-OH is 2. The first-order valence-corrected chi connectivity index (χ1v) is 33.3. The Hall–Kier alpha value is -1.14. The molecule has 2 atom stereocenters. The molecule has 0 heterocycles. The van der Waals surface area contributed by atoms with Gasteiger partial charge in [-0.05, 0) is 25.7 Å². The van der Waals surface area contributed by atoms with Crippen LogP contribution in [-0.4, -0.2) is 47.4 Å².